The minimum absolute atomic E-state index is 0.106. The maximum atomic E-state index is 13.0. The highest BCUT2D eigenvalue weighted by Crippen LogP contribution is 2.29. The number of hydrogen-bond acceptors (Lipinski definition) is 4. The number of carbonyl (C=O) groups is 1. The molecule has 1 N–H and O–H groups in total. The molecule has 0 aliphatic carbocycles. The fraction of sp³-hybridized carbons (Fsp3) is 0.316. The Morgan fingerprint density at radius 1 is 1.11 bits per heavy atom. The normalized spacial score (nSPS) is 14.6. The molecule has 3 rings (SSSR count). The molecule has 0 saturated carbocycles. The van der Waals surface area contributed by atoms with Crippen LogP contribution in [0.3, 0.4) is 0 Å². The zero-order valence-corrected chi connectivity index (χ0v) is 17.7. The van der Waals surface area contributed by atoms with Crippen LogP contribution in [0, 0.1) is 0 Å². The molecule has 0 bridgehead atoms. The molecule has 0 spiro atoms. The minimum atomic E-state index is -3.63. The SMILES string of the molecule is CN(C)S(=O)(=O)c1ccc(N2CCCC2)c(C(=O)Nc2cccc(Br)c2)c1. The van der Waals surface area contributed by atoms with Gasteiger partial charge in [0.15, 0.2) is 0 Å². The number of nitrogens with one attached hydrogen (secondary N) is 1. The van der Waals surface area contributed by atoms with Crippen LogP contribution in [0.25, 0.3) is 0 Å². The third-order valence-electron chi connectivity index (χ3n) is 4.52. The predicted octanol–water partition coefficient (Wildman–Crippen LogP) is 3.55. The summed E-state index contributed by atoms with van der Waals surface area (Å²) in [5.41, 5.74) is 1.76. The number of hydrogen-bond donors (Lipinski definition) is 1. The highest BCUT2D eigenvalue weighted by Gasteiger charge is 2.24. The maximum Gasteiger partial charge on any atom is 0.257 e. The first-order valence-electron chi connectivity index (χ1n) is 8.67. The van der Waals surface area contributed by atoms with E-state index in [1.807, 2.05) is 12.1 Å². The Labute approximate surface area is 168 Å². The topological polar surface area (TPSA) is 69.7 Å². The molecule has 1 amide bonds. The van der Waals surface area contributed by atoms with E-state index in [0.717, 1.165) is 40.4 Å². The Morgan fingerprint density at radius 2 is 1.81 bits per heavy atom. The van der Waals surface area contributed by atoms with Gasteiger partial charge in [0.2, 0.25) is 10.0 Å². The average molecular weight is 452 g/mol. The van der Waals surface area contributed by atoms with E-state index in [1.165, 1.54) is 20.2 Å². The molecule has 6 nitrogen and oxygen atoms in total. The third kappa shape index (κ3) is 4.34. The highest BCUT2D eigenvalue weighted by atomic mass is 79.9. The van der Waals surface area contributed by atoms with E-state index >= 15 is 0 Å². The van der Waals surface area contributed by atoms with Crippen molar-refractivity contribution in [2.24, 2.45) is 0 Å². The molecule has 27 heavy (non-hydrogen) atoms. The minimum Gasteiger partial charge on any atom is -0.371 e. The molecule has 0 atom stereocenters. The molecule has 1 fully saturated rings. The number of anilines is 2. The first-order chi connectivity index (χ1) is 12.8. The van der Waals surface area contributed by atoms with Gasteiger partial charge in [0.1, 0.15) is 0 Å². The Balaban J connectivity index is 2.02. The molecule has 8 heteroatoms. The number of carbonyl (C=O) groups excluding carboxylic acids is 1. The van der Waals surface area contributed by atoms with Crippen LogP contribution in [0.1, 0.15) is 23.2 Å². The van der Waals surface area contributed by atoms with Crippen LogP contribution in [0.4, 0.5) is 11.4 Å². The third-order valence-corrected chi connectivity index (χ3v) is 6.82. The largest absolute Gasteiger partial charge is 0.371 e. The van der Waals surface area contributed by atoms with Gasteiger partial charge in [-0.1, -0.05) is 22.0 Å². The molecule has 1 aliphatic rings. The first-order valence-corrected chi connectivity index (χ1v) is 10.9. The monoisotopic (exact) mass is 451 g/mol. The number of rotatable bonds is 5. The summed E-state index contributed by atoms with van der Waals surface area (Å²) >= 11 is 3.39. The summed E-state index contributed by atoms with van der Waals surface area (Å²) in [4.78, 5) is 15.2. The van der Waals surface area contributed by atoms with Crippen molar-refractivity contribution in [1.29, 1.82) is 0 Å². The van der Waals surface area contributed by atoms with Gasteiger partial charge >= 0.3 is 0 Å². The van der Waals surface area contributed by atoms with E-state index in [1.54, 1.807) is 24.3 Å². The molecule has 0 unspecified atom stereocenters. The molecular formula is C19H22BrN3O3S. The van der Waals surface area contributed by atoms with E-state index < -0.39 is 10.0 Å². The van der Waals surface area contributed by atoms with Gasteiger partial charge < -0.3 is 10.2 Å². The van der Waals surface area contributed by atoms with Gasteiger partial charge in [-0.15, -0.1) is 0 Å². The van der Waals surface area contributed by atoms with Crippen molar-refractivity contribution in [2.75, 3.05) is 37.4 Å². The summed E-state index contributed by atoms with van der Waals surface area (Å²) in [5, 5.41) is 2.87. The second-order valence-corrected chi connectivity index (χ2v) is 9.69. The van der Waals surface area contributed by atoms with Gasteiger partial charge in [-0.2, -0.15) is 0 Å². The van der Waals surface area contributed by atoms with Gasteiger partial charge in [0, 0.05) is 43.0 Å². The lowest BCUT2D eigenvalue weighted by molar-refractivity contribution is 0.102. The summed E-state index contributed by atoms with van der Waals surface area (Å²) in [5.74, 6) is -0.328. The first kappa shape index (κ1) is 19.9. The van der Waals surface area contributed by atoms with E-state index in [2.05, 4.69) is 26.1 Å². The number of benzene rings is 2. The molecule has 2 aromatic rings. The number of sulfonamides is 1. The van der Waals surface area contributed by atoms with Crippen molar-refractivity contribution < 1.29 is 13.2 Å². The summed E-state index contributed by atoms with van der Waals surface area (Å²) in [6, 6.07) is 12.1. The molecule has 2 aromatic carbocycles. The van der Waals surface area contributed by atoms with Crippen LogP contribution in [0.2, 0.25) is 0 Å². The fourth-order valence-corrected chi connectivity index (χ4v) is 4.39. The number of nitrogens with zero attached hydrogens (tertiary/aromatic N) is 2. The van der Waals surface area contributed by atoms with Crippen molar-refractivity contribution in [2.45, 2.75) is 17.7 Å². The summed E-state index contributed by atoms with van der Waals surface area (Å²) in [6.07, 6.45) is 2.12. The summed E-state index contributed by atoms with van der Waals surface area (Å²) in [6.45, 7) is 1.72. The smallest absolute Gasteiger partial charge is 0.257 e. The molecular weight excluding hydrogens is 430 g/mol. The molecule has 0 aromatic heterocycles. The van der Waals surface area contributed by atoms with Crippen LogP contribution in [0.5, 0.6) is 0 Å². The predicted molar refractivity (Wildman–Crippen MR) is 111 cm³/mol. The second-order valence-electron chi connectivity index (χ2n) is 6.63. The Hall–Kier alpha value is -1.90. The van der Waals surface area contributed by atoms with Gasteiger partial charge in [-0.3, -0.25) is 4.79 Å². The zero-order valence-electron chi connectivity index (χ0n) is 15.3. The van der Waals surface area contributed by atoms with Gasteiger partial charge in [0.05, 0.1) is 10.5 Å². The maximum absolute atomic E-state index is 13.0. The van der Waals surface area contributed by atoms with E-state index in [-0.39, 0.29) is 10.8 Å². The lowest BCUT2D eigenvalue weighted by Crippen LogP contribution is -2.25. The molecule has 144 valence electrons. The number of amides is 1. The Kier molecular flexibility index (Phi) is 5.88. The second kappa shape index (κ2) is 8.00. The summed E-state index contributed by atoms with van der Waals surface area (Å²) < 4.78 is 27.0. The van der Waals surface area contributed by atoms with Gasteiger partial charge in [0.25, 0.3) is 5.91 Å². The van der Waals surface area contributed by atoms with Crippen molar-refractivity contribution in [3.05, 3.63) is 52.5 Å². The van der Waals surface area contributed by atoms with Crippen molar-refractivity contribution in [1.82, 2.24) is 4.31 Å². The zero-order chi connectivity index (χ0) is 19.6. The van der Waals surface area contributed by atoms with Crippen LogP contribution >= 0.6 is 15.9 Å². The van der Waals surface area contributed by atoms with Crippen molar-refractivity contribution >= 4 is 43.2 Å². The lowest BCUT2D eigenvalue weighted by atomic mass is 10.1. The quantitative estimate of drug-likeness (QED) is 0.754. The Bertz CT molecular complexity index is 954. The van der Waals surface area contributed by atoms with Crippen LogP contribution in [-0.2, 0) is 10.0 Å². The van der Waals surface area contributed by atoms with Crippen LogP contribution in [0.15, 0.2) is 51.8 Å². The van der Waals surface area contributed by atoms with Crippen molar-refractivity contribution in [3.63, 3.8) is 0 Å². The van der Waals surface area contributed by atoms with Gasteiger partial charge in [-0.05, 0) is 49.2 Å². The van der Waals surface area contributed by atoms with Crippen LogP contribution < -0.4 is 10.2 Å². The Morgan fingerprint density at radius 3 is 2.44 bits per heavy atom. The average Bonchev–Trinajstić information content (AvgIpc) is 3.15. The van der Waals surface area contributed by atoms with Crippen LogP contribution in [-0.4, -0.2) is 45.8 Å². The van der Waals surface area contributed by atoms with E-state index in [9.17, 15) is 13.2 Å². The molecule has 1 aliphatic heterocycles. The molecule has 1 saturated heterocycles. The highest BCUT2D eigenvalue weighted by molar-refractivity contribution is 9.10. The molecule has 0 radical (unpaired) electrons. The van der Waals surface area contributed by atoms with Gasteiger partial charge in [-0.25, -0.2) is 12.7 Å². The van der Waals surface area contributed by atoms with E-state index in [0.29, 0.717) is 11.3 Å². The fourth-order valence-electron chi connectivity index (χ4n) is 3.07. The number of halogens is 1. The van der Waals surface area contributed by atoms with Crippen molar-refractivity contribution in [3.8, 4) is 0 Å². The standard InChI is InChI=1S/C19H22BrN3O3S/c1-22(2)27(25,26)16-8-9-18(23-10-3-4-11-23)17(13-16)19(24)21-15-7-5-6-14(20)12-15/h5-9,12-13H,3-4,10-11H2,1-2H3,(H,21,24). The summed E-state index contributed by atoms with van der Waals surface area (Å²) in [7, 11) is -0.671. The lowest BCUT2D eigenvalue weighted by Gasteiger charge is -2.22. The van der Waals surface area contributed by atoms with E-state index in [4.69, 9.17) is 0 Å². The molecule has 1 heterocycles.